The van der Waals surface area contributed by atoms with E-state index in [-0.39, 0.29) is 5.82 Å². The Morgan fingerprint density at radius 1 is 1.40 bits per heavy atom. The third kappa shape index (κ3) is 3.97. The van der Waals surface area contributed by atoms with Crippen LogP contribution in [0, 0.1) is 17.7 Å². The number of unbranched alkanes of at least 4 members (excludes halogenated alkanes) is 1. The second-order valence-electron chi connectivity index (χ2n) is 3.22. The Labute approximate surface area is 95.3 Å². The topological polar surface area (TPSA) is 0 Å². The molecule has 0 atom stereocenters. The summed E-state index contributed by atoms with van der Waals surface area (Å²) in [4.78, 5) is 0.989. The summed E-state index contributed by atoms with van der Waals surface area (Å²) in [6.45, 7) is 3.87. The van der Waals surface area contributed by atoms with Gasteiger partial charge in [-0.1, -0.05) is 19.3 Å². The fourth-order valence-corrected chi connectivity index (χ4v) is 2.18. The van der Waals surface area contributed by atoms with E-state index in [1.165, 1.54) is 12.8 Å². The SMILES string of the molecule is CC#Cc1ccc(SCCCC)cc1F. The van der Waals surface area contributed by atoms with Crippen molar-refractivity contribution in [1.82, 2.24) is 0 Å². The van der Waals surface area contributed by atoms with Crippen molar-refractivity contribution in [1.29, 1.82) is 0 Å². The minimum atomic E-state index is -0.217. The molecule has 80 valence electrons. The van der Waals surface area contributed by atoms with Crippen LogP contribution in [0.4, 0.5) is 4.39 Å². The molecule has 1 aromatic rings. The van der Waals surface area contributed by atoms with Crippen molar-refractivity contribution in [2.45, 2.75) is 31.6 Å². The van der Waals surface area contributed by atoms with Crippen LogP contribution in [-0.2, 0) is 0 Å². The van der Waals surface area contributed by atoms with Gasteiger partial charge in [0.25, 0.3) is 0 Å². The molecule has 0 aliphatic carbocycles. The molecule has 0 heterocycles. The molecule has 0 unspecified atom stereocenters. The summed E-state index contributed by atoms with van der Waals surface area (Å²) in [5, 5.41) is 0. The normalized spacial score (nSPS) is 9.53. The Hall–Kier alpha value is -0.940. The monoisotopic (exact) mass is 222 g/mol. The van der Waals surface area contributed by atoms with E-state index in [1.807, 2.05) is 6.07 Å². The highest BCUT2D eigenvalue weighted by atomic mass is 32.2. The zero-order chi connectivity index (χ0) is 11.1. The first-order valence-corrected chi connectivity index (χ1v) is 6.11. The first-order valence-electron chi connectivity index (χ1n) is 5.13. The van der Waals surface area contributed by atoms with Crippen molar-refractivity contribution >= 4 is 11.8 Å². The van der Waals surface area contributed by atoms with E-state index < -0.39 is 0 Å². The van der Waals surface area contributed by atoms with Crippen molar-refractivity contribution in [2.24, 2.45) is 0 Å². The smallest absolute Gasteiger partial charge is 0.139 e. The number of benzene rings is 1. The highest BCUT2D eigenvalue weighted by Crippen LogP contribution is 2.21. The van der Waals surface area contributed by atoms with Gasteiger partial charge in [-0.15, -0.1) is 17.7 Å². The third-order valence-electron chi connectivity index (χ3n) is 1.97. The standard InChI is InChI=1S/C13H15FS/c1-3-5-9-15-12-8-7-11(6-4-2)13(14)10-12/h7-8,10H,3,5,9H2,1-2H3. The zero-order valence-electron chi connectivity index (χ0n) is 9.14. The first kappa shape index (κ1) is 12.1. The van der Waals surface area contributed by atoms with Crippen LogP contribution in [0.15, 0.2) is 23.1 Å². The van der Waals surface area contributed by atoms with Crippen LogP contribution < -0.4 is 0 Å². The minimum absolute atomic E-state index is 0.217. The molecule has 2 heteroatoms. The number of hydrogen-bond acceptors (Lipinski definition) is 1. The third-order valence-corrected chi connectivity index (χ3v) is 3.05. The molecule has 0 spiro atoms. The summed E-state index contributed by atoms with van der Waals surface area (Å²) in [5.41, 5.74) is 0.484. The molecule has 0 fully saturated rings. The number of thioether (sulfide) groups is 1. The van der Waals surface area contributed by atoms with Gasteiger partial charge in [-0.2, -0.15) is 0 Å². The van der Waals surface area contributed by atoms with E-state index in [9.17, 15) is 4.39 Å². The van der Waals surface area contributed by atoms with Gasteiger partial charge in [0.05, 0.1) is 5.56 Å². The van der Waals surface area contributed by atoms with Crippen LogP contribution in [0.2, 0.25) is 0 Å². The summed E-state index contributed by atoms with van der Waals surface area (Å²) >= 11 is 1.70. The average molecular weight is 222 g/mol. The molecular weight excluding hydrogens is 207 g/mol. The lowest BCUT2D eigenvalue weighted by Gasteiger charge is -2.01. The molecule has 0 N–H and O–H groups in total. The van der Waals surface area contributed by atoms with Gasteiger partial charge >= 0.3 is 0 Å². The molecule has 0 saturated carbocycles. The summed E-state index contributed by atoms with van der Waals surface area (Å²) in [6.07, 6.45) is 2.34. The van der Waals surface area contributed by atoms with E-state index in [0.29, 0.717) is 5.56 Å². The van der Waals surface area contributed by atoms with Gasteiger partial charge in [0.2, 0.25) is 0 Å². The van der Waals surface area contributed by atoms with E-state index in [0.717, 1.165) is 10.6 Å². The second kappa shape index (κ2) is 6.53. The lowest BCUT2D eigenvalue weighted by Crippen LogP contribution is -1.85. The number of halogens is 1. The molecule has 1 aromatic carbocycles. The maximum Gasteiger partial charge on any atom is 0.139 e. The van der Waals surface area contributed by atoms with Crippen LogP contribution in [0.5, 0.6) is 0 Å². The Morgan fingerprint density at radius 3 is 2.80 bits per heavy atom. The van der Waals surface area contributed by atoms with E-state index in [1.54, 1.807) is 30.8 Å². The van der Waals surface area contributed by atoms with Gasteiger partial charge in [0, 0.05) is 4.90 Å². The summed E-state index contributed by atoms with van der Waals surface area (Å²) < 4.78 is 13.4. The fourth-order valence-electron chi connectivity index (χ4n) is 1.16. The summed E-state index contributed by atoms with van der Waals surface area (Å²) in [7, 11) is 0. The zero-order valence-corrected chi connectivity index (χ0v) is 9.96. The van der Waals surface area contributed by atoms with Gasteiger partial charge in [-0.3, -0.25) is 0 Å². The predicted molar refractivity (Wildman–Crippen MR) is 64.6 cm³/mol. The molecule has 0 nitrogen and oxygen atoms in total. The van der Waals surface area contributed by atoms with Crippen molar-refractivity contribution in [3.05, 3.63) is 29.6 Å². The van der Waals surface area contributed by atoms with Crippen LogP contribution in [0.1, 0.15) is 32.3 Å². The molecular formula is C13H15FS. The van der Waals surface area contributed by atoms with Gasteiger partial charge in [0.1, 0.15) is 5.82 Å². The maximum absolute atomic E-state index is 13.4. The fraction of sp³-hybridized carbons (Fsp3) is 0.385. The molecule has 0 aromatic heterocycles. The first-order chi connectivity index (χ1) is 7.27. The Bertz CT molecular complexity index is 374. The average Bonchev–Trinajstić information content (AvgIpc) is 2.23. The minimum Gasteiger partial charge on any atom is -0.206 e. The van der Waals surface area contributed by atoms with Crippen molar-refractivity contribution in [3.8, 4) is 11.8 Å². The number of rotatable bonds is 4. The quantitative estimate of drug-likeness (QED) is 0.420. The van der Waals surface area contributed by atoms with E-state index in [2.05, 4.69) is 18.8 Å². The van der Waals surface area contributed by atoms with Gasteiger partial charge in [0.15, 0.2) is 0 Å². The predicted octanol–water partition coefficient (Wildman–Crippen LogP) is 4.09. The van der Waals surface area contributed by atoms with Crippen molar-refractivity contribution in [3.63, 3.8) is 0 Å². The Kier molecular flexibility index (Phi) is 5.28. The molecule has 0 aliphatic heterocycles. The molecule has 0 bridgehead atoms. The van der Waals surface area contributed by atoms with Crippen LogP contribution >= 0.6 is 11.8 Å². The lowest BCUT2D eigenvalue weighted by molar-refractivity contribution is 0.620. The Morgan fingerprint density at radius 2 is 2.20 bits per heavy atom. The van der Waals surface area contributed by atoms with Crippen LogP contribution in [0.3, 0.4) is 0 Å². The highest BCUT2D eigenvalue weighted by Gasteiger charge is 2.01. The molecule has 0 amide bonds. The number of hydrogen-bond donors (Lipinski definition) is 0. The van der Waals surface area contributed by atoms with Crippen LogP contribution in [0.25, 0.3) is 0 Å². The summed E-state index contributed by atoms with van der Waals surface area (Å²) in [6, 6.07) is 5.25. The van der Waals surface area contributed by atoms with E-state index >= 15 is 0 Å². The van der Waals surface area contributed by atoms with Crippen LogP contribution in [-0.4, -0.2) is 5.75 Å². The Balaban J connectivity index is 2.67. The van der Waals surface area contributed by atoms with Gasteiger partial charge in [-0.25, -0.2) is 4.39 Å². The van der Waals surface area contributed by atoms with Gasteiger partial charge < -0.3 is 0 Å². The summed E-state index contributed by atoms with van der Waals surface area (Å²) in [5.74, 6) is 6.27. The largest absolute Gasteiger partial charge is 0.206 e. The molecule has 1 rings (SSSR count). The molecule has 0 aliphatic rings. The van der Waals surface area contributed by atoms with Crippen molar-refractivity contribution in [2.75, 3.05) is 5.75 Å². The van der Waals surface area contributed by atoms with Crippen molar-refractivity contribution < 1.29 is 4.39 Å². The molecule has 0 saturated heterocycles. The maximum atomic E-state index is 13.4. The second-order valence-corrected chi connectivity index (χ2v) is 4.39. The highest BCUT2D eigenvalue weighted by molar-refractivity contribution is 7.99. The van der Waals surface area contributed by atoms with Gasteiger partial charge in [-0.05, 0) is 37.3 Å². The molecule has 0 radical (unpaired) electrons. The lowest BCUT2D eigenvalue weighted by atomic mass is 10.2. The van der Waals surface area contributed by atoms with E-state index in [4.69, 9.17) is 0 Å². The molecule has 15 heavy (non-hydrogen) atoms.